The first kappa shape index (κ1) is 37.9. The third-order valence-electron chi connectivity index (χ3n) is 7.63. The van der Waals surface area contributed by atoms with Crippen molar-refractivity contribution in [2.24, 2.45) is 0 Å². The molecule has 0 aliphatic carbocycles. The quantitative estimate of drug-likeness (QED) is 0.0549. The van der Waals surface area contributed by atoms with Crippen molar-refractivity contribution in [3.05, 3.63) is 137 Å². The number of ether oxygens (including phenoxy) is 3. The number of nitrogens with one attached hydrogen (secondary N) is 5. The van der Waals surface area contributed by atoms with Gasteiger partial charge < -0.3 is 40.8 Å². The lowest BCUT2D eigenvalue weighted by Crippen LogP contribution is -2.27. The van der Waals surface area contributed by atoms with Crippen LogP contribution in [-0.2, 0) is 27.3 Å². The molecule has 53 heavy (non-hydrogen) atoms. The standard InChI is InChI=1S/C39H42N8O6/c1-51-36(50)32-14-12-29(13-15-32)27-43-38-45-37(41-21-23-53-25-24-52-22-20-40-34(48)30-10-6-3-7-11-30)46-39(47-38)44-33-18-16-31(17-19-33)35(49)42-26-28-8-4-2-5-9-28/h2-19H,20-27H2,1H3,(H,40,48)(H,42,49)(H3,41,43,44,45,46,47). The minimum absolute atomic E-state index is 0.141. The van der Waals surface area contributed by atoms with Crippen LogP contribution in [0.4, 0.5) is 23.5 Å². The summed E-state index contributed by atoms with van der Waals surface area (Å²) in [4.78, 5) is 50.1. The van der Waals surface area contributed by atoms with E-state index in [1.165, 1.54) is 7.11 Å². The van der Waals surface area contributed by atoms with Crippen LogP contribution in [0.25, 0.3) is 0 Å². The number of benzene rings is 4. The highest BCUT2D eigenvalue weighted by molar-refractivity contribution is 5.95. The molecule has 1 aromatic heterocycles. The number of carbonyl (C=O) groups is 3. The van der Waals surface area contributed by atoms with Crippen molar-refractivity contribution in [3.8, 4) is 0 Å². The van der Waals surface area contributed by atoms with E-state index >= 15 is 0 Å². The average Bonchev–Trinajstić information content (AvgIpc) is 3.20. The van der Waals surface area contributed by atoms with Gasteiger partial charge in [0.2, 0.25) is 17.8 Å². The molecule has 0 fully saturated rings. The molecule has 5 aromatic rings. The summed E-state index contributed by atoms with van der Waals surface area (Å²) in [7, 11) is 1.34. The van der Waals surface area contributed by atoms with Gasteiger partial charge in [0.1, 0.15) is 0 Å². The van der Waals surface area contributed by atoms with Crippen LogP contribution in [0.15, 0.2) is 109 Å². The smallest absolute Gasteiger partial charge is 0.337 e. The van der Waals surface area contributed by atoms with Crippen molar-refractivity contribution in [2.75, 3.05) is 62.6 Å². The summed E-state index contributed by atoms with van der Waals surface area (Å²) in [5.41, 5.74) is 4.17. The molecular weight excluding hydrogens is 676 g/mol. The fourth-order valence-electron chi connectivity index (χ4n) is 4.85. The van der Waals surface area contributed by atoms with Crippen LogP contribution in [0.2, 0.25) is 0 Å². The fraction of sp³-hybridized carbons (Fsp3) is 0.231. The van der Waals surface area contributed by atoms with Gasteiger partial charge in [0.05, 0.1) is 39.1 Å². The molecule has 0 radical (unpaired) electrons. The van der Waals surface area contributed by atoms with Gasteiger partial charge in [-0.3, -0.25) is 9.59 Å². The lowest BCUT2D eigenvalue weighted by atomic mass is 10.1. The number of hydrogen-bond donors (Lipinski definition) is 5. The lowest BCUT2D eigenvalue weighted by molar-refractivity contribution is 0.0519. The molecule has 1 heterocycles. The van der Waals surface area contributed by atoms with Crippen molar-refractivity contribution < 1.29 is 28.6 Å². The van der Waals surface area contributed by atoms with Crippen molar-refractivity contribution in [1.82, 2.24) is 25.6 Å². The van der Waals surface area contributed by atoms with Crippen LogP contribution in [0.3, 0.4) is 0 Å². The Hall–Kier alpha value is -6.38. The summed E-state index contributed by atoms with van der Waals surface area (Å²) < 4.78 is 16.0. The van der Waals surface area contributed by atoms with Gasteiger partial charge in [-0.15, -0.1) is 0 Å². The summed E-state index contributed by atoms with van der Waals surface area (Å²) in [5.74, 6) is 0.179. The van der Waals surface area contributed by atoms with Gasteiger partial charge in [-0.1, -0.05) is 60.7 Å². The Balaban J connectivity index is 1.11. The van der Waals surface area contributed by atoms with Gasteiger partial charge in [0.15, 0.2) is 0 Å². The first-order valence-corrected chi connectivity index (χ1v) is 17.1. The summed E-state index contributed by atoms with van der Waals surface area (Å²) in [6.45, 7) is 3.12. The number of amides is 2. The Bertz CT molecular complexity index is 1900. The Kier molecular flexibility index (Phi) is 14.6. The van der Waals surface area contributed by atoms with Crippen molar-refractivity contribution in [1.29, 1.82) is 0 Å². The second-order valence-corrected chi connectivity index (χ2v) is 11.5. The summed E-state index contributed by atoms with van der Waals surface area (Å²) >= 11 is 0. The number of hydrogen-bond acceptors (Lipinski definition) is 12. The van der Waals surface area contributed by atoms with E-state index in [9.17, 15) is 14.4 Å². The molecule has 14 heteroatoms. The summed E-state index contributed by atoms with van der Waals surface area (Å²) in [6, 6.07) is 32.7. The van der Waals surface area contributed by atoms with E-state index in [1.807, 2.05) is 60.7 Å². The SMILES string of the molecule is COC(=O)c1ccc(CNc2nc(NCCOCCOCCNC(=O)c3ccccc3)nc(Nc3ccc(C(=O)NCc4ccccc4)cc3)n2)cc1. The molecule has 0 bridgehead atoms. The minimum atomic E-state index is -0.407. The lowest BCUT2D eigenvalue weighted by Gasteiger charge is -2.12. The van der Waals surface area contributed by atoms with Crippen LogP contribution in [0.1, 0.15) is 42.2 Å². The van der Waals surface area contributed by atoms with E-state index in [0.29, 0.717) is 86.9 Å². The zero-order valence-electron chi connectivity index (χ0n) is 29.3. The topological polar surface area (TPSA) is 178 Å². The second-order valence-electron chi connectivity index (χ2n) is 11.5. The molecule has 2 amide bonds. The van der Waals surface area contributed by atoms with E-state index in [0.717, 1.165) is 11.1 Å². The number of nitrogens with zero attached hydrogens (tertiary/aromatic N) is 3. The van der Waals surface area contributed by atoms with E-state index in [1.54, 1.807) is 48.5 Å². The summed E-state index contributed by atoms with van der Waals surface area (Å²) in [5, 5.41) is 15.3. The zero-order valence-corrected chi connectivity index (χ0v) is 29.3. The van der Waals surface area contributed by atoms with Crippen molar-refractivity contribution >= 4 is 41.3 Å². The molecule has 14 nitrogen and oxygen atoms in total. The molecule has 0 saturated carbocycles. The maximum atomic E-state index is 12.7. The maximum absolute atomic E-state index is 12.7. The Morgan fingerprint density at radius 2 is 1.08 bits per heavy atom. The number of rotatable bonds is 20. The van der Waals surface area contributed by atoms with Crippen LogP contribution in [0, 0.1) is 0 Å². The van der Waals surface area contributed by atoms with Crippen LogP contribution < -0.4 is 26.6 Å². The normalized spacial score (nSPS) is 10.6. The molecular formula is C39H42N8O6. The third-order valence-corrected chi connectivity index (χ3v) is 7.63. The molecule has 274 valence electrons. The first-order valence-electron chi connectivity index (χ1n) is 17.1. The van der Waals surface area contributed by atoms with Gasteiger partial charge in [0.25, 0.3) is 11.8 Å². The van der Waals surface area contributed by atoms with Crippen molar-refractivity contribution in [2.45, 2.75) is 13.1 Å². The highest BCUT2D eigenvalue weighted by Gasteiger charge is 2.11. The van der Waals surface area contributed by atoms with Crippen LogP contribution >= 0.6 is 0 Å². The molecule has 0 spiro atoms. The predicted octanol–water partition coefficient (Wildman–Crippen LogP) is 4.82. The second kappa shape index (κ2) is 20.5. The third kappa shape index (κ3) is 12.7. The Morgan fingerprint density at radius 3 is 1.75 bits per heavy atom. The van der Waals surface area contributed by atoms with Gasteiger partial charge in [-0.2, -0.15) is 15.0 Å². The number of aromatic nitrogens is 3. The van der Waals surface area contributed by atoms with Gasteiger partial charge in [-0.05, 0) is 59.7 Å². The largest absolute Gasteiger partial charge is 0.465 e. The Morgan fingerprint density at radius 1 is 0.528 bits per heavy atom. The predicted molar refractivity (Wildman–Crippen MR) is 201 cm³/mol. The molecule has 4 aromatic carbocycles. The van der Waals surface area contributed by atoms with E-state index in [-0.39, 0.29) is 17.8 Å². The van der Waals surface area contributed by atoms with Crippen LogP contribution in [-0.4, -0.2) is 79.4 Å². The fourth-order valence-corrected chi connectivity index (χ4v) is 4.85. The van der Waals surface area contributed by atoms with Gasteiger partial charge in [0, 0.05) is 43.0 Å². The molecule has 0 aliphatic rings. The Labute approximate surface area is 307 Å². The van der Waals surface area contributed by atoms with E-state index < -0.39 is 5.97 Å². The molecule has 0 atom stereocenters. The molecule has 5 N–H and O–H groups in total. The molecule has 0 saturated heterocycles. The molecule has 5 rings (SSSR count). The van der Waals surface area contributed by atoms with E-state index in [4.69, 9.17) is 14.2 Å². The molecule has 0 aliphatic heterocycles. The first-order chi connectivity index (χ1) is 26.0. The van der Waals surface area contributed by atoms with E-state index in [2.05, 4.69) is 41.5 Å². The number of esters is 1. The average molecular weight is 719 g/mol. The maximum Gasteiger partial charge on any atom is 0.337 e. The van der Waals surface area contributed by atoms with Gasteiger partial charge in [-0.25, -0.2) is 4.79 Å². The van der Waals surface area contributed by atoms with Crippen LogP contribution in [0.5, 0.6) is 0 Å². The number of methoxy groups -OCH3 is 1. The number of anilines is 4. The number of carbonyl (C=O) groups excluding carboxylic acids is 3. The highest BCUT2D eigenvalue weighted by Crippen LogP contribution is 2.18. The van der Waals surface area contributed by atoms with Gasteiger partial charge >= 0.3 is 5.97 Å². The summed E-state index contributed by atoms with van der Waals surface area (Å²) in [6.07, 6.45) is 0. The molecule has 0 unspecified atom stereocenters. The zero-order chi connectivity index (χ0) is 37.1. The highest BCUT2D eigenvalue weighted by atomic mass is 16.5. The minimum Gasteiger partial charge on any atom is -0.465 e. The van der Waals surface area contributed by atoms with Crippen molar-refractivity contribution in [3.63, 3.8) is 0 Å². The monoisotopic (exact) mass is 718 g/mol.